The number of ketones is 1. The molecule has 94 valence electrons. The van der Waals surface area contributed by atoms with Crippen LogP contribution in [-0.2, 0) is 18.1 Å². The van der Waals surface area contributed by atoms with Gasteiger partial charge in [0.15, 0.2) is 5.78 Å². The Morgan fingerprint density at radius 2 is 1.81 bits per heavy atom. The van der Waals surface area contributed by atoms with Gasteiger partial charge in [-0.05, 0) is 18.9 Å². The van der Waals surface area contributed by atoms with Crippen molar-refractivity contribution < 1.29 is 18.1 Å². The molecule has 0 N–H and O–H groups in total. The highest BCUT2D eigenvalue weighted by molar-refractivity contribution is 6.60. The van der Waals surface area contributed by atoms with E-state index in [0.717, 1.165) is 18.9 Å². The minimum Gasteiger partial charge on any atom is -0.377 e. The van der Waals surface area contributed by atoms with E-state index in [-0.39, 0.29) is 11.7 Å². The van der Waals surface area contributed by atoms with E-state index in [2.05, 4.69) is 6.58 Å². The van der Waals surface area contributed by atoms with Crippen LogP contribution in [0.4, 0.5) is 0 Å². The number of hydrogen-bond acceptors (Lipinski definition) is 4. The first-order chi connectivity index (χ1) is 7.55. The fraction of sp³-hybridized carbons (Fsp3) is 0.727. The molecular weight excluding hydrogens is 224 g/mol. The third-order valence-electron chi connectivity index (χ3n) is 2.74. The van der Waals surface area contributed by atoms with Gasteiger partial charge >= 0.3 is 8.80 Å². The largest absolute Gasteiger partial charge is 0.500 e. The molecule has 0 amide bonds. The van der Waals surface area contributed by atoms with Gasteiger partial charge in [-0.15, -0.1) is 0 Å². The van der Waals surface area contributed by atoms with E-state index in [1.54, 1.807) is 21.3 Å². The van der Waals surface area contributed by atoms with Crippen molar-refractivity contribution in [2.75, 3.05) is 21.3 Å². The van der Waals surface area contributed by atoms with E-state index in [0.29, 0.717) is 0 Å². The fourth-order valence-electron chi connectivity index (χ4n) is 1.52. The Kier molecular flexibility index (Phi) is 7.49. The topological polar surface area (TPSA) is 44.8 Å². The Labute approximate surface area is 99.0 Å². The quantitative estimate of drug-likeness (QED) is 0.461. The summed E-state index contributed by atoms with van der Waals surface area (Å²) in [6, 6.07) is 0.727. The first kappa shape index (κ1) is 15.5. The monoisotopic (exact) mass is 246 g/mol. The average molecular weight is 246 g/mol. The van der Waals surface area contributed by atoms with Crippen molar-refractivity contribution in [3.8, 4) is 0 Å². The summed E-state index contributed by atoms with van der Waals surface area (Å²) in [6.07, 6.45) is 3.02. The number of hydrogen-bond donors (Lipinski definition) is 0. The molecule has 1 atom stereocenters. The molecule has 0 aliphatic carbocycles. The smallest absolute Gasteiger partial charge is 0.377 e. The lowest BCUT2D eigenvalue weighted by Gasteiger charge is -2.24. The van der Waals surface area contributed by atoms with Crippen molar-refractivity contribution in [2.24, 2.45) is 5.92 Å². The molecule has 0 rings (SSSR count). The molecule has 0 aromatic rings. The first-order valence-electron chi connectivity index (χ1n) is 5.37. The Morgan fingerprint density at radius 3 is 2.19 bits per heavy atom. The molecule has 4 nitrogen and oxygen atoms in total. The summed E-state index contributed by atoms with van der Waals surface area (Å²) in [5.41, 5.74) is 0. The molecule has 0 bridgehead atoms. The maximum Gasteiger partial charge on any atom is 0.500 e. The Morgan fingerprint density at radius 1 is 1.31 bits per heavy atom. The third-order valence-corrected chi connectivity index (χ3v) is 5.57. The van der Waals surface area contributed by atoms with Gasteiger partial charge in [0.25, 0.3) is 0 Å². The lowest BCUT2D eigenvalue weighted by Crippen LogP contribution is -2.42. The molecule has 0 aromatic carbocycles. The van der Waals surface area contributed by atoms with Gasteiger partial charge in [0.05, 0.1) is 0 Å². The van der Waals surface area contributed by atoms with Gasteiger partial charge < -0.3 is 13.3 Å². The van der Waals surface area contributed by atoms with E-state index in [1.165, 1.54) is 6.08 Å². The highest BCUT2D eigenvalue weighted by Gasteiger charge is 2.37. The molecule has 0 saturated carbocycles. The van der Waals surface area contributed by atoms with Crippen LogP contribution in [0.5, 0.6) is 0 Å². The summed E-state index contributed by atoms with van der Waals surface area (Å²) in [7, 11) is 2.32. The Bertz CT molecular complexity index is 218. The minimum absolute atomic E-state index is 0.00904. The zero-order valence-electron chi connectivity index (χ0n) is 10.6. The third kappa shape index (κ3) is 4.57. The summed E-state index contributed by atoms with van der Waals surface area (Å²) in [5.74, 6) is 0.0919. The van der Waals surface area contributed by atoms with E-state index in [9.17, 15) is 4.79 Å². The predicted octanol–water partition coefficient (Wildman–Crippen LogP) is 2.04. The Balaban J connectivity index is 4.04. The lowest BCUT2D eigenvalue weighted by molar-refractivity contribution is -0.117. The van der Waals surface area contributed by atoms with Crippen molar-refractivity contribution in [2.45, 2.75) is 25.8 Å². The molecule has 0 heterocycles. The van der Waals surface area contributed by atoms with E-state index in [1.807, 2.05) is 6.92 Å². The number of rotatable bonds is 9. The first-order valence-corrected chi connectivity index (χ1v) is 7.30. The van der Waals surface area contributed by atoms with Crippen LogP contribution in [0.3, 0.4) is 0 Å². The molecule has 16 heavy (non-hydrogen) atoms. The normalized spacial score (nSPS) is 13.5. The maximum atomic E-state index is 11.3. The fourth-order valence-corrected chi connectivity index (χ4v) is 3.27. The number of carbonyl (C=O) groups is 1. The van der Waals surface area contributed by atoms with Crippen LogP contribution in [0.2, 0.25) is 6.04 Å². The summed E-state index contributed by atoms with van der Waals surface area (Å²) < 4.78 is 15.9. The van der Waals surface area contributed by atoms with Crippen LogP contribution < -0.4 is 0 Å². The molecule has 0 fully saturated rings. The van der Waals surface area contributed by atoms with Gasteiger partial charge in [-0.1, -0.05) is 13.5 Å². The number of carbonyl (C=O) groups excluding carboxylic acids is 1. The number of allylic oxidation sites excluding steroid dienone is 1. The maximum absolute atomic E-state index is 11.3. The van der Waals surface area contributed by atoms with Crippen LogP contribution in [0.1, 0.15) is 19.8 Å². The SMILES string of the molecule is C=CC(=O)C(C)CCC[Si](OC)(OC)OC. The van der Waals surface area contributed by atoms with Crippen molar-refractivity contribution in [3.05, 3.63) is 12.7 Å². The molecule has 1 unspecified atom stereocenters. The van der Waals surface area contributed by atoms with Crippen LogP contribution in [0.25, 0.3) is 0 Å². The second-order valence-electron chi connectivity index (χ2n) is 3.70. The zero-order valence-corrected chi connectivity index (χ0v) is 11.6. The van der Waals surface area contributed by atoms with Crippen LogP contribution >= 0.6 is 0 Å². The second-order valence-corrected chi connectivity index (χ2v) is 6.79. The molecule has 5 heteroatoms. The van der Waals surface area contributed by atoms with Crippen LogP contribution in [0.15, 0.2) is 12.7 Å². The standard InChI is InChI=1S/C11H22O4Si/c1-6-11(12)10(2)8-7-9-16(13-3,14-4)15-5/h6,10H,1,7-9H2,2-5H3. The van der Waals surface area contributed by atoms with Gasteiger partial charge in [0.2, 0.25) is 0 Å². The molecule has 0 radical (unpaired) electrons. The highest BCUT2D eigenvalue weighted by atomic mass is 28.4. The van der Waals surface area contributed by atoms with Crippen molar-refractivity contribution in [1.82, 2.24) is 0 Å². The Hall–Kier alpha value is -0.493. The molecular formula is C11H22O4Si. The van der Waals surface area contributed by atoms with E-state index >= 15 is 0 Å². The summed E-state index contributed by atoms with van der Waals surface area (Å²) in [5, 5.41) is 0. The summed E-state index contributed by atoms with van der Waals surface area (Å²) in [6.45, 7) is 5.37. The van der Waals surface area contributed by atoms with Crippen molar-refractivity contribution in [1.29, 1.82) is 0 Å². The predicted molar refractivity (Wildman–Crippen MR) is 65.2 cm³/mol. The zero-order chi connectivity index (χ0) is 12.6. The molecule has 0 aliphatic heterocycles. The van der Waals surface area contributed by atoms with Gasteiger partial charge in [0, 0.05) is 33.3 Å². The minimum atomic E-state index is -2.47. The van der Waals surface area contributed by atoms with Crippen LogP contribution in [0, 0.1) is 5.92 Å². The summed E-state index contributed by atoms with van der Waals surface area (Å²) in [4.78, 5) is 11.3. The molecule has 0 spiro atoms. The molecule has 0 aromatic heterocycles. The van der Waals surface area contributed by atoms with Crippen LogP contribution in [-0.4, -0.2) is 35.9 Å². The molecule has 0 saturated heterocycles. The van der Waals surface area contributed by atoms with Gasteiger partial charge in [-0.3, -0.25) is 4.79 Å². The molecule has 0 aliphatic rings. The van der Waals surface area contributed by atoms with Crippen molar-refractivity contribution in [3.63, 3.8) is 0 Å². The second kappa shape index (κ2) is 7.73. The van der Waals surface area contributed by atoms with Gasteiger partial charge in [-0.2, -0.15) is 0 Å². The van der Waals surface area contributed by atoms with Crippen molar-refractivity contribution >= 4 is 14.6 Å². The summed E-state index contributed by atoms with van der Waals surface area (Å²) >= 11 is 0. The highest BCUT2D eigenvalue weighted by Crippen LogP contribution is 2.19. The average Bonchev–Trinajstić information content (AvgIpc) is 2.34. The van der Waals surface area contributed by atoms with Gasteiger partial charge in [0.1, 0.15) is 0 Å². The van der Waals surface area contributed by atoms with E-state index in [4.69, 9.17) is 13.3 Å². The van der Waals surface area contributed by atoms with E-state index < -0.39 is 8.80 Å². The van der Waals surface area contributed by atoms with Gasteiger partial charge in [-0.25, -0.2) is 0 Å². The lowest BCUT2D eigenvalue weighted by atomic mass is 10.0.